The van der Waals surface area contributed by atoms with Crippen molar-refractivity contribution in [2.24, 2.45) is 0 Å². The highest BCUT2D eigenvalue weighted by molar-refractivity contribution is 5.99. The summed E-state index contributed by atoms with van der Waals surface area (Å²) >= 11 is 0. The highest BCUT2D eigenvalue weighted by atomic mass is 16.5. The molecule has 0 aliphatic rings. The van der Waals surface area contributed by atoms with E-state index in [2.05, 4.69) is 5.32 Å². The van der Waals surface area contributed by atoms with Crippen LogP contribution in [0.15, 0.2) is 48.5 Å². The number of nitrogens with zero attached hydrogens (tertiary/aromatic N) is 1. The molecule has 2 aromatic carbocycles. The molecule has 0 bridgehead atoms. The number of nitrogens with one attached hydrogen (secondary N) is 1. The van der Waals surface area contributed by atoms with Gasteiger partial charge in [-0.1, -0.05) is 24.6 Å². The third-order valence-electron chi connectivity index (χ3n) is 4.36. The molecule has 0 heterocycles. The fourth-order valence-electron chi connectivity index (χ4n) is 2.65. The molecule has 0 aliphatic carbocycles. The third kappa shape index (κ3) is 7.41. The zero-order chi connectivity index (χ0) is 21.2. The number of likely N-dealkylation sites (N-methyl/N-ethyl adjacent to an activating group) is 1. The van der Waals surface area contributed by atoms with Crippen LogP contribution in [0.3, 0.4) is 0 Å². The minimum atomic E-state index is -0.279. The summed E-state index contributed by atoms with van der Waals surface area (Å²) in [7, 11) is 1.56. The zero-order valence-corrected chi connectivity index (χ0v) is 17.2. The SMILES string of the molecule is CCCOc1ccc(C(=O)CCC(=O)N(C)CC(=O)Nc2ccc(C)cc2)cc1. The molecule has 6 nitrogen and oxygen atoms in total. The molecule has 0 fully saturated rings. The predicted octanol–water partition coefficient (Wildman–Crippen LogP) is 3.84. The van der Waals surface area contributed by atoms with Gasteiger partial charge in [-0.3, -0.25) is 14.4 Å². The van der Waals surface area contributed by atoms with Gasteiger partial charge in [0.15, 0.2) is 5.78 Å². The van der Waals surface area contributed by atoms with Crippen molar-refractivity contribution < 1.29 is 19.1 Å². The van der Waals surface area contributed by atoms with Crippen molar-refractivity contribution >= 4 is 23.3 Å². The molecular weight excluding hydrogens is 368 g/mol. The van der Waals surface area contributed by atoms with Gasteiger partial charge in [-0.15, -0.1) is 0 Å². The Labute approximate surface area is 171 Å². The van der Waals surface area contributed by atoms with Crippen LogP contribution in [0.5, 0.6) is 5.75 Å². The molecule has 0 unspecified atom stereocenters. The van der Waals surface area contributed by atoms with E-state index in [1.165, 1.54) is 4.90 Å². The van der Waals surface area contributed by atoms with E-state index in [-0.39, 0.29) is 37.0 Å². The number of ketones is 1. The van der Waals surface area contributed by atoms with Crippen LogP contribution in [0.4, 0.5) is 5.69 Å². The summed E-state index contributed by atoms with van der Waals surface area (Å²) in [6.07, 6.45) is 1.07. The Morgan fingerprint density at radius 1 is 0.966 bits per heavy atom. The highest BCUT2D eigenvalue weighted by Crippen LogP contribution is 2.15. The van der Waals surface area contributed by atoms with Crippen LogP contribution in [0.2, 0.25) is 0 Å². The van der Waals surface area contributed by atoms with Gasteiger partial charge in [0.05, 0.1) is 13.2 Å². The molecule has 154 valence electrons. The van der Waals surface area contributed by atoms with Crippen LogP contribution in [0.25, 0.3) is 0 Å². The molecule has 2 aromatic rings. The first kappa shape index (κ1) is 22.1. The second-order valence-electron chi connectivity index (χ2n) is 6.96. The number of hydrogen-bond donors (Lipinski definition) is 1. The maximum atomic E-state index is 12.3. The Hall–Kier alpha value is -3.15. The molecule has 0 aliphatic heterocycles. The number of ether oxygens (including phenoxy) is 1. The van der Waals surface area contributed by atoms with E-state index in [1.807, 2.05) is 38.1 Å². The quantitative estimate of drug-likeness (QED) is 0.619. The van der Waals surface area contributed by atoms with Gasteiger partial charge in [0.25, 0.3) is 0 Å². The second kappa shape index (κ2) is 11.0. The van der Waals surface area contributed by atoms with E-state index in [9.17, 15) is 14.4 Å². The van der Waals surface area contributed by atoms with Crippen molar-refractivity contribution in [2.75, 3.05) is 25.5 Å². The van der Waals surface area contributed by atoms with Crippen LogP contribution in [-0.2, 0) is 9.59 Å². The fourth-order valence-corrected chi connectivity index (χ4v) is 2.65. The topological polar surface area (TPSA) is 75.7 Å². The molecule has 0 saturated carbocycles. The average Bonchev–Trinajstić information content (AvgIpc) is 2.72. The summed E-state index contributed by atoms with van der Waals surface area (Å²) in [5, 5.41) is 2.75. The summed E-state index contributed by atoms with van der Waals surface area (Å²) in [6, 6.07) is 14.3. The third-order valence-corrected chi connectivity index (χ3v) is 4.36. The van der Waals surface area contributed by atoms with E-state index in [0.717, 1.165) is 17.7 Å². The summed E-state index contributed by atoms with van der Waals surface area (Å²) in [5.74, 6) is 0.0794. The standard InChI is InChI=1S/C23H28N2O4/c1-4-15-29-20-11-7-18(8-12-20)21(26)13-14-23(28)25(3)16-22(27)24-19-9-5-17(2)6-10-19/h5-12H,4,13-16H2,1-3H3,(H,24,27). The van der Waals surface area contributed by atoms with E-state index in [1.54, 1.807) is 31.3 Å². The van der Waals surface area contributed by atoms with Crippen molar-refractivity contribution in [3.05, 3.63) is 59.7 Å². The molecule has 0 atom stereocenters. The molecule has 1 N–H and O–H groups in total. The first-order valence-electron chi connectivity index (χ1n) is 9.75. The molecule has 2 rings (SSSR count). The molecule has 0 radical (unpaired) electrons. The van der Waals surface area contributed by atoms with Gasteiger partial charge in [0, 0.05) is 31.1 Å². The minimum Gasteiger partial charge on any atom is -0.494 e. The number of anilines is 1. The Balaban J connectivity index is 1.77. The van der Waals surface area contributed by atoms with Gasteiger partial charge in [-0.05, 0) is 49.7 Å². The normalized spacial score (nSPS) is 10.3. The lowest BCUT2D eigenvalue weighted by Crippen LogP contribution is -2.35. The molecular formula is C23H28N2O4. The van der Waals surface area contributed by atoms with Crippen LogP contribution in [-0.4, -0.2) is 42.7 Å². The Morgan fingerprint density at radius 3 is 2.24 bits per heavy atom. The van der Waals surface area contributed by atoms with E-state index in [4.69, 9.17) is 4.74 Å². The number of amides is 2. The van der Waals surface area contributed by atoms with E-state index in [0.29, 0.717) is 17.9 Å². The van der Waals surface area contributed by atoms with Gasteiger partial charge < -0.3 is 15.0 Å². The lowest BCUT2D eigenvalue weighted by Gasteiger charge is -2.16. The first-order valence-corrected chi connectivity index (χ1v) is 9.75. The first-order chi connectivity index (χ1) is 13.9. The number of carbonyl (C=O) groups is 3. The van der Waals surface area contributed by atoms with E-state index >= 15 is 0 Å². The fraction of sp³-hybridized carbons (Fsp3) is 0.348. The predicted molar refractivity (Wildman–Crippen MR) is 113 cm³/mol. The van der Waals surface area contributed by atoms with Gasteiger partial charge >= 0.3 is 0 Å². The zero-order valence-electron chi connectivity index (χ0n) is 17.2. The number of hydrogen-bond acceptors (Lipinski definition) is 4. The Kier molecular flexibility index (Phi) is 8.40. The van der Waals surface area contributed by atoms with Gasteiger partial charge in [0.1, 0.15) is 5.75 Å². The van der Waals surface area contributed by atoms with Crippen LogP contribution < -0.4 is 10.1 Å². The monoisotopic (exact) mass is 396 g/mol. The highest BCUT2D eigenvalue weighted by Gasteiger charge is 2.15. The van der Waals surface area contributed by atoms with Crippen LogP contribution in [0, 0.1) is 6.92 Å². The molecule has 0 saturated heterocycles. The largest absolute Gasteiger partial charge is 0.494 e. The average molecular weight is 396 g/mol. The van der Waals surface area contributed by atoms with Crippen molar-refractivity contribution in [2.45, 2.75) is 33.1 Å². The molecule has 6 heteroatoms. The van der Waals surface area contributed by atoms with Crippen LogP contribution in [0.1, 0.15) is 42.1 Å². The second-order valence-corrected chi connectivity index (χ2v) is 6.96. The molecule has 2 amide bonds. The number of Topliss-reactive ketones (excluding diaryl/α,β-unsaturated/α-hetero) is 1. The maximum Gasteiger partial charge on any atom is 0.243 e. The lowest BCUT2D eigenvalue weighted by molar-refractivity contribution is -0.133. The Morgan fingerprint density at radius 2 is 1.62 bits per heavy atom. The molecule has 0 spiro atoms. The lowest BCUT2D eigenvalue weighted by atomic mass is 10.1. The minimum absolute atomic E-state index is 0.0568. The summed E-state index contributed by atoms with van der Waals surface area (Å²) < 4.78 is 5.49. The van der Waals surface area contributed by atoms with Crippen molar-refractivity contribution in [3.63, 3.8) is 0 Å². The smallest absolute Gasteiger partial charge is 0.243 e. The van der Waals surface area contributed by atoms with Crippen LogP contribution >= 0.6 is 0 Å². The summed E-state index contributed by atoms with van der Waals surface area (Å²) in [4.78, 5) is 38.0. The van der Waals surface area contributed by atoms with Gasteiger partial charge in [-0.25, -0.2) is 0 Å². The maximum absolute atomic E-state index is 12.3. The van der Waals surface area contributed by atoms with E-state index < -0.39 is 0 Å². The van der Waals surface area contributed by atoms with Crippen molar-refractivity contribution in [3.8, 4) is 5.75 Å². The summed E-state index contributed by atoms with van der Waals surface area (Å²) in [6.45, 7) is 4.56. The van der Waals surface area contributed by atoms with Crippen molar-refractivity contribution in [1.82, 2.24) is 4.90 Å². The van der Waals surface area contributed by atoms with Gasteiger partial charge in [-0.2, -0.15) is 0 Å². The molecule has 0 aromatic heterocycles. The van der Waals surface area contributed by atoms with Crippen molar-refractivity contribution in [1.29, 1.82) is 0 Å². The molecule has 29 heavy (non-hydrogen) atoms. The Bertz CT molecular complexity index is 829. The van der Waals surface area contributed by atoms with Gasteiger partial charge in [0.2, 0.25) is 11.8 Å². The number of rotatable bonds is 10. The summed E-state index contributed by atoms with van der Waals surface area (Å²) in [5.41, 5.74) is 2.33. The number of carbonyl (C=O) groups excluding carboxylic acids is 3. The number of benzene rings is 2. The number of aryl methyl sites for hydroxylation is 1.